The summed E-state index contributed by atoms with van der Waals surface area (Å²) in [6.07, 6.45) is 15.6. The first-order chi connectivity index (χ1) is 13.5. The maximum Gasteiger partial charge on any atom is 0.231 e. The highest BCUT2D eigenvalue weighted by Crippen LogP contribution is 2.29. The average molecular weight is 375 g/mol. The number of nitrogens with one attached hydrogen (secondary N) is 1. The van der Waals surface area contributed by atoms with Gasteiger partial charge in [0.2, 0.25) is 5.88 Å². The maximum absolute atomic E-state index is 9.64. The van der Waals surface area contributed by atoms with Gasteiger partial charge >= 0.3 is 0 Å². The van der Waals surface area contributed by atoms with Gasteiger partial charge in [0.1, 0.15) is 23.5 Å². The Morgan fingerprint density at radius 1 is 1.14 bits per heavy atom. The van der Waals surface area contributed by atoms with Crippen LogP contribution in [0.3, 0.4) is 0 Å². The zero-order valence-electron chi connectivity index (χ0n) is 16.7. The predicted molar refractivity (Wildman–Crippen MR) is 114 cm³/mol. The maximum atomic E-state index is 9.64. The average Bonchev–Trinajstić information content (AvgIpc) is 2.97. The third-order valence-electron chi connectivity index (χ3n) is 4.42. The lowest BCUT2D eigenvalue weighted by molar-refractivity contribution is 0.415. The summed E-state index contributed by atoms with van der Waals surface area (Å²) in [5, 5.41) is 10.5. The Morgan fingerprint density at radius 3 is 2.75 bits per heavy atom. The van der Waals surface area contributed by atoms with E-state index in [1.165, 1.54) is 11.9 Å². The number of hydrogen-bond donors (Lipinski definition) is 2. The molecule has 5 heteroatoms. The van der Waals surface area contributed by atoms with Crippen molar-refractivity contribution in [3.63, 3.8) is 0 Å². The van der Waals surface area contributed by atoms with Gasteiger partial charge in [0.15, 0.2) is 0 Å². The fourth-order valence-corrected chi connectivity index (χ4v) is 2.97. The summed E-state index contributed by atoms with van der Waals surface area (Å²) in [7, 11) is 0. The van der Waals surface area contributed by atoms with E-state index in [1.807, 2.05) is 45.1 Å². The minimum atomic E-state index is 0.243. The molecule has 0 radical (unpaired) electrons. The first-order valence-electron chi connectivity index (χ1n) is 9.24. The normalized spacial score (nSPS) is 16.1. The monoisotopic (exact) mass is 375 g/mol. The molecule has 2 aromatic rings. The predicted octanol–water partition coefficient (Wildman–Crippen LogP) is 5.94. The summed E-state index contributed by atoms with van der Waals surface area (Å²) in [5.74, 6) is 1.51. The van der Waals surface area contributed by atoms with E-state index in [9.17, 15) is 5.11 Å². The first kappa shape index (κ1) is 19.4. The van der Waals surface area contributed by atoms with Crippen LogP contribution in [0.25, 0.3) is 16.6 Å². The number of aromatic nitrogens is 3. The quantitative estimate of drug-likeness (QED) is 0.501. The highest BCUT2D eigenvalue weighted by molar-refractivity contribution is 5.86. The summed E-state index contributed by atoms with van der Waals surface area (Å²) in [5.41, 5.74) is 5.00. The topological polar surface area (TPSA) is 71.0 Å². The van der Waals surface area contributed by atoms with Crippen molar-refractivity contribution < 1.29 is 9.84 Å². The van der Waals surface area contributed by atoms with E-state index < -0.39 is 0 Å². The number of hydrogen-bond acceptors (Lipinski definition) is 4. The first-order valence-corrected chi connectivity index (χ1v) is 9.24. The van der Waals surface area contributed by atoms with E-state index in [0.717, 1.165) is 28.0 Å². The molecule has 0 saturated heterocycles. The van der Waals surface area contributed by atoms with E-state index in [-0.39, 0.29) is 5.76 Å². The van der Waals surface area contributed by atoms with Crippen LogP contribution in [-0.4, -0.2) is 20.1 Å². The van der Waals surface area contributed by atoms with Gasteiger partial charge < -0.3 is 14.8 Å². The van der Waals surface area contributed by atoms with Crippen LogP contribution >= 0.6 is 0 Å². The summed E-state index contributed by atoms with van der Waals surface area (Å²) < 4.78 is 6.00. The number of fused-ring (bicyclic) bond motifs is 1. The second-order valence-electron chi connectivity index (χ2n) is 6.79. The highest BCUT2D eigenvalue weighted by atomic mass is 16.5. The van der Waals surface area contributed by atoms with Gasteiger partial charge in [0.05, 0.1) is 5.39 Å². The van der Waals surface area contributed by atoms with Crippen LogP contribution in [0.2, 0.25) is 0 Å². The van der Waals surface area contributed by atoms with E-state index in [0.29, 0.717) is 17.9 Å². The number of ether oxygens (including phenoxy) is 1. The Balaban J connectivity index is 1.90. The van der Waals surface area contributed by atoms with E-state index in [2.05, 4.69) is 34.0 Å². The van der Waals surface area contributed by atoms with Gasteiger partial charge in [-0.3, -0.25) is 0 Å². The van der Waals surface area contributed by atoms with Crippen molar-refractivity contribution in [2.45, 2.75) is 34.1 Å². The number of aliphatic hydroxyl groups excluding tert-OH is 1. The van der Waals surface area contributed by atoms with Crippen LogP contribution in [0.15, 0.2) is 77.6 Å². The Labute approximate surface area is 165 Å². The second kappa shape index (κ2) is 8.57. The molecule has 0 aromatic carbocycles. The molecule has 2 heterocycles. The highest BCUT2D eigenvalue weighted by Gasteiger charge is 2.12. The van der Waals surface area contributed by atoms with Gasteiger partial charge in [-0.15, -0.1) is 0 Å². The number of rotatable bonds is 5. The minimum Gasteiger partial charge on any atom is -0.508 e. The molecule has 0 saturated carbocycles. The van der Waals surface area contributed by atoms with Crippen molar-refractivity contribution in [2.75, 3.05) is 0 Å². The zero-order valence-corrected chi connectivity index (χ0v) is 16.7. The van der Waals surface area contributed by atoms with Gasteiger partial charge in [0, 0.05) is 5.69 Å². The Morgan fingerprint density at radius 2 is 1.96 bits per heavy atom. The molecule has 0 spiro atoms. The van der Waals surface area contributed by atoms with Crippen molar-refractivity contribution in [1.29, 1.82) is 0 Å². The number of allylic oxidation sites excluding steroid dienone is 11. The van der Waals surface area contributed by atoms with Gasteiger partial charge in [0.25, 0.3) is 0 Å². The molecule has 0 aliphatic heterocycles. The van der Waals surface area contributed by atoms with Crippen LogP contribution in [0.1, 0.15) is 39.8 Å². The Hall–Kier alpha value is -3.34. The second-order valence-corrected chi connectivity index (χ2v) is 6.79. The number of aliphatic hydroxyl groups is 1. The van der Waals surface area contributed by atoms with E-state index >= 15 is 0 Å². The lowest BCUT2D eigenvalue weighted by Crippen LogP contribution is -1.95. The molecule has 0 bridgehead atoms. The number of nitrogens with zero attached hydrogens (tertiary/aromatic N) is 2. The van der Waals surface area contributed by atoms with Crippen LogP contribution in [0.4, 0.5) is 0 Å². The third-order valence-corrected chi connectivity index (χ3v) is 4.42. The summed E-state index contributed by atoms with van der Waals surface area (Å²) in [6.45, 7) is 8.04. The molecule has 3 rings (SSSR count). The van der Waals surface area contributed by atoms with Gasteiger partial charge in [-0.25, -0.2) is 9.97 Å². The lowest BCUT2D eigenvalue weighted by Gasteiger charge is -2.06. The fraction of sp³-hybridized carbons (Fsp3) is 0.217. The molecule has 2 N–H and O–H groups in total. The molecule has 0 fully saturated rings. The van der Waals surface area contributed by atoms with Crippen molar-refractivity contribution in [2.24, 2.45) is 0 Å². The van der Waals surface area contributed by atoms with Crippen LogP contribution in [0, 0.1) is 0 Å². The van der Waals surface area contributed by atoms with Crippen LogP contribution in [0.5, 0.6) is 5.88 Å². The largest absolute Gasteiger partial charge is 0.508 e. The van der Waals surface area contributed by atoms with Crippen molar-refractivity contribution in [1.82, 2.24) is 15.0 Å². The molecular formula is C23H25N3O2. The molecule has 5 nitrogen and oxygen atoms in total. The van der Waals surface area contributed by atoms with Crippen molar-refractivity contribution >= 4 is 16.6 Å². The zero-order chi connectivity index (χ0) is 20.1. The van der Waals surface area contributed by atoms with E-state index in [1.54, 1.807) is 12.2 Å². The molecule has 1 aliphatic carbocycles. The summed E-state index contributed by atoms with van der Waals surface area (Å²) in [6, 6.07) is 1.99. The SMILES string of the molecule is C\C=C(C)/C=C(C)\C=C(/C)Oc1ncnc2[nH]c(C3=CC=C(O)C=CC3)cc12. The van der Waals surface area contributed by atoms with Crippen molar-refractivity contribution in [3.05, 3.63) is 83.3 Å². The molecule has 2 aromatic heterocycles. The molecule has 144 valence electrons. The fourth-order valence-electron chi connectivity index (χ4n) is 2.97. The number of H-pyrrole nitrogens is 1. The summed E-state index contributed by atoms with van der Waals surface area (Å²) >= 11 is 0. The molecule has 0 unspecified atom stereocenters. The van der Waals surface area contributed by atoms with Crippen molar-refractivity contribution in [3.8, 4) is 5.88 Å². The lowest BCUT2D eigenvalue weighted by atomic mass is 10.1. The molecule has 0 atom stereocenters. The van der Waals surface area contributed by atoms with Gasteiger partial charge in [-0.1, -0.05) is 29.9 Å². The molecule has 28 heavy (non-hydrogen) atoms. The standard InChI is InChI=1S/C23H25N3O2/c1-5-15(2)11-16(3)12-17(4)28-23-20-13-21(26-22(20)24-14-25-23)18-7-6-8-19(27)10-9-18/h5-6,8-14,27H,7H2,1-4H3,(H,24,25,26)/b15-5-,16-11-,17-12+. The Kier molecular flexibility index (Phi) is 5.94. The number of aromatic amines is 1. The van der Waals surface area contributed by atoms with E-state index in [4.69, 9.17) is 4.74 Å². The van der Waals surface area contributed by atoms with Crippen LogP contribution in [-0.2, 0) is 0 Å². The molecule has 0 amide bonds. The summed E-state index contributed by atoms with van der Waals surface area (Å²) in [4.78, 5) is 11.9. The Bertz CT molecular complexity index is 1060. The third kappa shape index (κ3) is 4.68. The molecular weight excluding hydrogens is 350 g/mol. The minimum absolute atomic E-state index is 0.243. The van der Waals surface area contributed by atoms with Crippen LogP contribution < -0.4 is 4.74 Å². The smallest absolute Gasteiger partial charge is 0.231 e. The van der Waals surface area contributed by atoms with Gasteiger partial charge in [-0.05, 0) is 69.6 Å². The van der Waals surface area contributed by atoms with Gasteiger partial charge in [-0.2, -0.15) is 0 Å². The molecule has 1 aliphatic rings.